The summed E-state index contributed by atoms with van der Waals surface area (Å²) in [6.45, 7) is 7.38. The standard InChI is InChI=1S/C24H29NO4/c1-5-28-22(26)21(25-23(27)29-24(2,3)4)20-18-12-8-6-10-16(18)14-15-17-11-7-9-13-19(17)20/h6-13,20-21H,5,14-15H2,1-4H3,(H,25,27). The Morgan fingerprint density at radius 3 is 2.00 bits per heavy atom. The molecule has 0 fully saturated rings. The minimum absolute atomic E-state index is 0.237. The number of hydrogen-bond acceptors (Lipinski definition) is 4. The molecule has 154 valence electrons. The Balaban J connectivity index is 2.08. The van der Waals surface area contributed by atoms with E-state index in [0.717, 1.165) is 24.0 Å². The van der Waals surface area contributed by atoms with Crippen molar-refractivity contribution in [2.75, 3.05) is 6.61 Å². The number of amides is 1. The molecule has 1 unspecified atom stereocenters. The molecule has 0 saturated carbocycles. The minimum Gasteiger partial charge on any atom is -0.464 e. The highest BCUT2D eigenvalue weighted by Crippen LogP contribution is 2.37. The van der Waals surface area contributed by atoms with E-state index in [9.17, 15) is 9.59 Å². The molecular formula is C24H29NO4. The van der Waals surface area contributed by atoms with E-state index in [1.54, 1.807) is 27.7 Å². The van der Waals surface area contributed by atoms with Crippen LogP contribution in [0.1, 0.15) is 55.9 Å². The number of benzene rings is 2. The van der Waals surface area contributed by atoms with Crippen LogP contribution in [0.2, 0.25) is 0 Å². The maximum atomic E-state index is 13.0. The van der Waals surface area contributed by atoms with Crippen molar-refractivity contribution in [3.8, 4) is 0 Å². The number of carbonyl (C=O) groups is 2. The first-order valence-electron chi connectivity index (χ1n) is 10.1. The van der Waals surface area contributed by atoms with E-state index in [1.165, 1.54) is 11.1 Å². The Kier molecular flexibility index (Phi) is 6.26. The molecule has 0 aliphatic heterocycles. The number of fused-ring (bicyclic) bond motifs is 2. The molecule has 0 saturated heterocycles. The van der Waals surface area contributed by atoms with E-state index in [0.29, 0.717) is 0 Å². The highest BCUT2D eigenvalue weighted by molar-refractivity contribution is 5.83. The Morgan fingerprint density at radius 1 is 1.00 bits per heavy atom. The zero-order valence-electron chi connectivity index (χ0n) is 17.5. The molecule has 3 rings (SSSR count). The van der Waals surface area contributed by atoms with Crippen LogP contribution in [0.3, 0.4) is 0 Å². The number of aryl methyl sites for hydroxylation is 2. The molecule has 2 aromatic rings. The fourth-order valence-electron chi connectivity index (χ4n) is 3.87. The Hall–Kier alpha value is -2.82. The van der Waals surface area contributed by atoms with Gasteiger partial charge in [0, 0.05) is 5.92 Å². The molecule has 2 aromatic carbocycles. The van der Waals surface area contributed by atoms with Gasteiger partial charge in [0.2, 0.25) is 0 Å². The molecule has 0 radical (unpaired) electrons. The van der Waals surface area contributed by atoms with E-state index in [4.69, 9.17) is 9.47 Å². The van der Waals surface area contributed by atoms with E-state index >= 15 is 0 Å². The highest BCUT2D eigenvalue weighted by Gasteiger charge is 2.37. The lowest BCUT2D eigenvalue weighted by Crippen LogP contribution is -2.48. The van der Waals surface area contributed by atoms with E-state index in [2.05, 4.69) is 17.4 Å². The zero-order chi connectivity index (χ0) is 21.0. The third-order valence-corrected chi connectivity index (χ3v) is 4.99. The smallest absolute Gasteiger partial charge is 0.408 e. The number of nitrogens with one attached hydrogen (secondary N) is 1. The average molecular weight is 395 g/mol. The van der Waals surface area contributed by atoms with Crippen LogP contribution in [0.25, 0.3) is 0 Å². The predicted molar refractivity (Wildman–Crippen MR) is 112 cm³/mol. The fourth-order valence-corrected chi connectivity index (χ4v) is 3.87. The van der Waals surface area contributed by atoms with Crippen molar-refractivity contribution in [3.05, 3.63) is 70.8 Å². The third kappa shape index (κ3) is 4.97. The van der Waals surface area contributed by atoms with Crippen LogP contribution in [0, 0.1) is 0 Å². The van der Waals surface area contributed by atoms with Gasteiger partial charge in [-0.15, -0.1) is 0 Å². The molecule has 1 atom stereocenters. The lowest BCUT2D eigenvalue weighted by atomic mass is 9.82. The molecule has 0 spiro atoms. The Labute approximate surface area is 172 Å². The van der Waals surface area contributed by atoms with Crippen molar-refractivity contribution in [2.24, 2.45) is 0 Å². The van der Waals surface area contributed by atoms with Gasteiger partial charge < -0.3 is 14.8 Å². The van der Waals surface area contributed by atoms with Gasteiger partial charge in [-0.05, 0) is 62.8 Å². The first-order chi connectivity index (χ1) is 13.8. The Bertz CT molecular complexity index is 837. The number of ether oxygens (including phenoxy) is 2. The minimum atomic E-state index is -0.884. The van der Waals surface area contributed by atoms with Crippen LogP contribution in [0.4, 0.5) is 4.79 Å². The van der Waals surface area contributed by atoms with Gasteiger partial charge in [-0.3, -0.25) is 0 Å². The van der Waals surface area contributed by atoms with Gasteiger partial charge in [0.15, 0.2) is 0 Å². The summed E-state index contributed by atoms with van der Waals surface area (Å²) in [4.78, 5) is 25.6. The number of rotatable bonds is 4. The van der Waals surface area contributed by atoms with Crippen molar-refractivity contribution in [1.29, 1.82) is 0 Å². The molecule has 1 amide bonds. The summed E-state index contributed by atoms with van der Waals surface area (Å²) in [6.07, 6.45) is 1.13. The summed E-state index contributed by atoms with van der Waals surface area (Å²) in [6, 6.07) is 15.3. The average Bonchev–Trinajstić information content (AvgIpc) is 2.82. The second kappa shape index (κ2) is 8.68. The monoisotopic (exact) mass is 395 g/mol. The van der Waals surface area contributed by atoms with Crippen LogP contribution in [-0.4, -0.2) is 30.3 Å². The molecule has 0 bridgehead atoms. The lowest BCUT2D eigenvalue weighted by molar-refractivity contribution is -0.146. The van der Waals surface area contributed by atoms with Crippen LogP contribution in [0.15, 0.2) is 48.5 Å². The predicted octanol–water partition coefficient (Wildman–Crippen LogP) is 4.37. The van der Waals surface area contributed by atoms with Crippen molar-refractivity contribution in [1.82, 2.24) is 5.32 Å². The van der Waals surface area contributed by atoms with Gasteiger partial charge in [-0.25, -0.2) is 9.59 Å². The molecule has 0 aromatic heterocycles. The van der Waals surface area contributed by atoms with Crippen LogP contribution in [-0.2, 0) is 27.1 Å². The SMILES string of the molecule is CCOC(=O)C(NC(=O)OC(C)(C)C)C1c2ccccc2CCc2ccccc21. The summed E-state index contributed by atoms with van der Waals surface area (Å²) >= 11 is 0. The normalized spacial score (nSPS) is 14.8. The zero-order valence-corrected chi connectivity index (χ0v) is 17.5. The second-order valence-electron chi connectivity index (χ2n) is 8.25. The quantitative estimate of drug-likeness (QED) is 0.781. The van der Waals surface area contributed by atoms with E-state index in [1.807, 2.05) is 36.4 Å². The third-order valence-electron chi connectivity index (χ3n) is 4.99. The van der Waals surface area contributed by atoms with Gasteiger partial charge in [0.05, 0.1) is 6.61 Å². The topological polar surface area (TPSA) is 64.6 Å². The van der Waals surface area contributed by atoms with Gasteiger partial charge in [-0.1, -0.05) is 48.5 Å². The van der Waals surface area contributed by atoms with E-state index < -0.39 is 23.7 Å². The number of hydrogen-bond donors (Lipinski definition) is 1. The number of carbonyl (C=O) groups excluding carboxylic acids is 2. The maximum Gasteiger partial charge on any atom is 0.408 e. The summed E-state index contributed by atoms with van der Waals surface area (Å²) < 4.78 is 10.8. The summed E-state index contributed by atoms with van der Waals surface area (Å²) in [5.74, 6) is -0.814. The lowest BCUT2D eigenvalue weighted by Gasteiger charge is -2.29. The highest BCUT2D eigenvalue weighted by atomic mass is 16.6. The molecule has 1 N–H and O–H groups in total. The number of alkyl carbamates (subject to hydrolysis) is 1. The summed E-state index contributed by atoms with van der Waals surface area (Å²) in [5, 5.41) is 2.80. The second-order valence-corrected chi connectivity index (χ2v) is 8.25. The summed E-state index contributed by atoms with van der Waals surface area (Å²) in [7, 11) is 0. The van der Waals surface area contributed by atoms with Crippen molar-refractivity contribution in [2.45, 2.75) is 58.1 Å². The molecule has 1 aliphatic rings. The molecular weight excluding hydrogens is 366 g/mol. The first kappa shape index (κ1) is 20.9. The van der Waals surface area contributed by atoms with Gasteiger partial charge in [0.25, 0.3) is 0 Å². The van der Waals surface area contributed by atoms with Gasteiger partial charge in [-0.2, -0.15) is 0 Å². The molecule has 5 nitrogen and oxygen atoms in total. The molecule has 1 aliphatic carbocycles. The largest absolute Gasteiger partial charge is 0.464 e. The first-order valence-corrected chi connectivity index (χ1v) is 10.1. The molecule has 0 heterocycles. The van der Waals surface area contributed by atoms with Gasteiger partial charge >= 0.3 is 12.1 Å². The van der Waals surface area contributed by atoms with Gasteiger partial charge in [0.1, 0.15) is 11.6 Å². The van der Waals surface area contributed by atoms with Crippen molar-refractivity contribution >= 4 is 12.1 Å². The van der Waals surface area contributed by atoms with Crippen LogP contribution < -0.4 is 5.32 Å². The van der Waals surface area contributed by atoms with Crippen molar-refractivity contribution in [3.63, 3.8) is 0 Å². The van der Waals surface area contributed by atoms with Crippen molar-refractivity contribution < 1.29 is 19.1 Å². The number of esters is 1. The van der Waals surface area contributed by atoms with E-state index in [-0.39, 0.29) is 12.5 Å². The van der Waals surface area contributed by atoms with Crippen LogP contribution >= 0.6 is 0 Å². The van der Waals surface area contributed by atoms with Crippen LogP contribution in [0.5, 0.6) is 0 Å². The summed E-state index contributed by atoms with van der Waals surface area (Å²) in [5.41, 5.74) is 3.75. The molecule has 5 heteroatoms. The fraction of sp³-hybridized carbons (Fsp3) is 0.417. The Morgan fingerprint density at radius 2 is 1.52 bits per heavy atom. The molecule has 29 heavy (non-hydrogen) atoms. The maximum absolute atomic E-state index is 13.0.